The van der Waals surface area contributed by atoms with Crippen molar-refractivity contribution in [2.24, 2.45) is 0 Å². The van der Waals surface area contributed by atoms with Crippen LogP contribution >= 0.6 is 0 Å². The summed E-state index contributed by atoms with van der Waals surface area (Å²) in [4.78, 5) is 27.8. The molecule has 0 aliphatic heterocycles. The second-order valence-corrected chi connectivity index (χ2v) is 5.31. The third-order valence-electron chi connectivity index (χ3n) is 3.58. The van der Waals surface area contributed by atoms with Gasteiger partial charge in [0.25, 0.3) is 0 Å². The van der Waals surface area contributed by atoms with Crippen molar-refractivity contribution >= 4 is 23.2 Å². The van der Waals surface area contributed by atoms with Gasteiger partial charge in [0.2, 0.25) is 5.91 Å². The zero-order valence-corrected chi connectivity index (χ0v) is 14.0. The molecule has 1 aromatic carbocycles. The second-order valence-electron chi connectivity index (χ2n) is 5.31. The first-order valence-corrected chi connectivity index (χ1v) is 7.91. The highest BCUT2D eigenvalue weighted by molar-refractivity contribution is 5.96. The molecule has 0 radical (unpaired) electrons. The third-order valence-corrected chi connectivity index (χ3v) is 3.58. The molecule has 0 spiro atoms. The van der Waals surface area contributed by atoms with Crippen LogP contribution in [0.15, 0.2) is 42.7 Å². The minimum absolute atomic E-state index is 0.216. The highest BCUT2D eigenvalue weighted by Gasteiger charge is 2.17. The van der Waals surface area contributed by atoms with Gasteiger partial charge >= 0.3 is 5.97 Å². The normalized spacial score (nSPS) is 10.3. The van der Waals surface area contributed by atoms with Gasteiger partial charge in [0, 0.05) is 17.4 Å². The van der Waals surface area contributed by atoms with Gasteiger partial charge < -0.3 is 10.1 Å². The molecule has 0 aliphatic rings. The van der Waals surface area contributed by atoms with E-state index in [4.69, 9.17) is 10.00 Å². The first-order valence-electron chi connectivity index (χ1n) is 7.91. The van der Waals surface area contributed by atoms with Gasteiger partial charge in [-0.15, -0.1) is 0 Å². The zero-order chi connectivity index (χ0) is 18.5. The number of hydrogen-bond acceptors (Lipinski definition) is 6. The predicted octanol–water partition coefficient (Wildman–Crippen LogP) is 2.43. The summed E-state index contributed by atoms with van der Waals surface area (Å²) in [6.07, 6.45) is 2.78. The summed E-state index contributed by atoms with van der Waals surface area (Å²) in [5.74, 6) is -0.863. The van der Waals surface area contributed by atoms with Crippen LogP contribution in [0.3, 0.4) is 0 Å². The van der Waals surface area contributed by atoms with Crippen molar-refractivity contribution in [3.8, 4) is 17.3 Å². The number of carbonyl (C=O) groups excluding carboxylic acids is 2. The number of rotatable bonds is 5. The van der Waals surface area contributed by atoms with Crippen molar-refractivity contribution in [1.29, 1.82) is 5.26 Å². The molecule has 0 unspecified atom stereocenters. The van der Waals surface area contributed by atoms with Crippen LogP contribution < -0.4 is 5.32 Å². The Morgan fingerprint density at radius 2 is 2.19 bits per heavy atom. The van der Waals surface area contributed by atoms with Crippen molar-refractivity contribution in [2.75, 3.05) is 11.9 Å². The molecule has 2 heterocycles. The predicted molar refractivity (Wildman–Crippen MR) is 93.2 cm³/mol. The first-order chi connectivity index (χ1) is 12.6. The van der Waals surface area contributed by atoms with Crippen LogP contribution in [0, 0.1) is 11.3 Å². The number of fused-ring (bicyclic) bond motifs is 1. The highest BCUT2D eigenvalue weighted by atomic mass is 16.5. The fraction of sp³-hybridized carbons (Fsp3) is 0.167. The van der Waals surface area contributed by atoms with Gasteiger partial charge in [0.15, 0.2) is 5.65 Å². The van der Waals surface area contributed by atoms with Crippen molar-refractivity contribution in [1.82, 2.24) is 14.6 Å². The van der Waals surface area contributed by atoms with Gasteiger partial charge in [0.1, 0.15) is 12.0 Å². The van der Waals surface area contributed by atoms with Gasteiger partial charge in [0.05, 0.1) is 24.6 Å². The molecule has 0 saturated heterocycles. The van der Waals surface area contributed by atoms with Crippen LogP contribution in [0.4, 0.5) is 5.69 Å². The molecule has 0 atom stereocenters. The van der Waals surface area contributed by atoms with Crippen molar-refractivity contribution < 1.29 is 14.3 Å². The number of benzene rings is 1. The molecule has 1 N–H and O–H groups in total. The summed E-state index contributed by atoms with van der Waals surface area (Å²) in [6, 6.07) is 10.7. The molecule has 2 aromatic heterocycles. The molecule has 3 rings (SSSR count). The number of nitrogens with zero attached hydrogens (tertiary/aromatic N) is 4. The van der Waals surface area contributed by atoms with Crippen LogP contribution in [0.5, 0.6) is 0 Å². The van der Waals surface area contributed by atoms with Gasteiger partial charge in [-0.3, -0.25) is 4.79 Å². The molecular formula is C18H15N5O3. The molecule has 26 heavy (non-hydrogen) atoms. The smallest absolute Gasteiger partial charge is 0.343 e. The lowest BCUT2D eigenvalue weighted by Gasteiger charge is -2.08. The number of nitrogens with one attached hydrogen (secondary N) is 1. The van der Waals surface area contributed by atoms with E-state index in [2.05, 4.69) is 15.4 Å². The van der Waals surface area contributed by atoms with E-state index in [1.807, 2.05) is 6.07 Å². The van der Waals surface area contributed by atoms with Gasteiger partial charge in [-0.05, 0) is 25.1 Å². The number of nitriles is 1. The number of ether oxygens (including phenoxy) is 1. The number of aromatic nitrogens is 3. The monoisotopic (exact) mass is 349 g/mol. The molecule has 0 aliphatic carbocycles. The van der Waals surface area contributed by atoms with E-state index >= 15 is 0 Å². The average molecular weight is 349 g/mol. The molecule has 8 heteroatoms. The van der Waals surface area contributed by atoms with Gasteiger partial charge in [-0.25, -0.2) is 14.3 Å². The van der Waals surface area contributed by atoms with E-state index < -0.39 is 5.97 Å². The molecule has 0 fully saturated rings. The SMILES string of the molecule is CCOC(=O)c1cnn2c(-c3cccc(NC(=O)CC#N)c3)ccnc12. The lowest BCUT2D eigenvalue weighted by atomic mass is 10.1. The van der Waals surface area contributed by atoms with E-state index in [9.17, 15) is 9.59 Å². The molecule has 3 aromatic rings. The molecule has 1 amide bonds. The Morgan fingerprint density at radius 1 is 1.35 bits per heavy atom. The quantitative estimate of drug-likeness (QED) is 0.709. The summed E-state index contributed by atoms with van der Waals surface area (Å²) in [5.41, 5.74) is 2.70. The van der Waals surface area contributed by atoms with E-state index in [1.165, 1.54) is 6.20 Å². The average Bonchev–Trinajstić information content (AvgIpc) is 3.06. The highest BCUT2D eigenvalue weighted by Crippen LogP contribution is 2.24. The maximum Gasteiger partial charge on any atom is 0.343 e. The second kappa shape index (κ2) is 7.44. The lowest BCUT2D eigenvalue weighted by molar-refractivity contribution is -0.115. The summed E-state index contributed by atoms with van der Waals surface area (Å²) < 4.78 is 6.56. The minimum Gasteiger partial charge on any atom is -0.462 e. The number of hydrogen-bond donors (Lipinski definition) is 1. The van der Waals surface area contributed by atoms with Crippen LogP contribution in [0.25, 0.3) is 16.9 Å². The van der Waals surface area contributed by atoms with Crippen molar-refractivity contribution in [2.45, 2.75) is 13.3 Å². The topological polar surface area (TPSA) is 109 Å². The fourth-order valence-electron chi connectivity index (χ4n) is 2.50. The van der Waals surface area contributed by atoms with E-state index in [0.29, 0.717) is 17.0 Å². The number of esters is 1. The largest absolute Gasteiger partial charge is 0.462 e. The molecule has 8 nitrogen and oxygen atoms in total. The summed E-state index contributed by atoms with van der Waals surface area (Å²) in [5, 5.41) is 15.5. The van der Waals surface area contributed by atoms with Crippen LogP contribution in [0.1, 0.15) is 23.7 Å². The van der Waals surface area contributed by atoms with Gasteiger partial charge in [-0.1, -0.05) is 12.1 Å². The number of anilines is 1. The summed E-state index contributed by atoms with van der Waals surface area (Å²) >= 11 is 0. The maximum atomic E-state index is 12.0. The lowest BCUT2D eigenvalue weighted by Crippen LogP contribution is -2.10. The van der Waals surface area contributed by atoms with Crippen molar-refractivity contribution in [3.05, 3.63) is 48.3 Å². The van der Waals surface area contributed by atoms with E-state index in [-0.39, 0.29) is 24.5 Å². The van der Waals surface area contributed by atoms with Crippen molar-refractivity contribution in [3.63, 3.8) is 0 Å². The Bertz CT molecular complexity index is 1020. The van der Waals surface area contributed by atoms with Gasteiger partial charge in [-0.2, -0.15) is 10.4 Å². The molecule has 0 bridgehead atoms. The summed E-state index contributed by atoms with van der Waals surface area (Å²) in [7, 11) is 0. The van der Waals surface area contributed by atoms with Crippen LogP contribution in [-0.4, -0.2) is 33.1 Å². The zero-order valence-electron chi connectivity index (χ0n) is 14.0. The van der Waals surface area contributed by atoms with E-state index in [0.717, 1.165) is 5.56 Å². The van der Waals surface area contributed by atoms with Crippen LogP contribution in [-0.2, 0) is 9.53 Å². The Hall–Kier alpha value is -3.73. The summed E-state index contributed by atoms with van der Waals surface area (Å²) in [6.45, 7) is 1.99. The van der Waals surface area contributed by atoms with E-state index in [1.54, 1.807) is 48.0 Å². The molecule has 0 saturated carbocycles. The minimum atomic E-state index is -0.482. The third kappa shape index (κ3) is 3.37. The fourth-order valence-corrected chi connectivity index (χ4v) is 2.50. The standard InChI is InChI=1S/C18H15N5O3/c1-2-26-18(25)14-11-21-23-15(7-9-20-17(14)23)12-4-3-5-13(10-12)22-16(24)6-8-19/h3-5,7,9-11H,2,6H2,1H3,(H,22,24). The molecular weight excluding hydrogens is 334 g/mol. The Balaban J connectivity index is 2.00. The molecule has 130 valence electrons. The Labute approximate surface area is 149 Å². The number of amides is 1. The Kier molecular flexibility index (Phi) is 4.90. The first kappa shape index (κ1) is 17.1. The maximum absolute atomic E-state index is 12.0. The number of carbonyl (C=O) groups is 2. The van der Waals surface area contributed by atoms with Crippen LogP contribution in [0.2, 0.25) is 0 Å². The Morgan fingerprint density at radius 3 is 2.96 bits per heavy atom.